The number of fused-ring (bicyclic) bond motifs is 1. The molecule has 3 heterocycles. The van der Waals surface area contributed by atoms with E-state index in [-0.39, 0.29) is 41.4 Å². The van der Waals surface area contributed by atoms with E-state index in [1.54, 1.807) is 15.9 Å². The summed E-state index contributed by atoms with van der Waals surface area (Å²) >= 11 is 0. The van der Waals surface area contributed by atoms with Crippen molar-refractivity contribution >= 4 is 29.7 Å². The second-order valence-electron chi connectivity index (χ2n) is 13.4. The maximum Gasteiger partial charge on any atom is 0.409 e. The Morgan fingerprint density at radius 1 is 0.935 bits per heavy atom. The number of piperidine rings is 1. The van der Waals surface area contributed by atoms with E-state index < -0.39 is 17.4 Å². The first-order chi connectivity index (χ1) is 22.0. The molecule has 12 nitrogen and oxygen atoms in total. The van der Waals surface area contributed by atoms with Crippen molar-refractivity contribution in [2.75, 3.05) is 57.4 Å². The summed E-state index contributed by atoms with van der Waals surface area (Å²) in [4.78, 5) is 67.3. The molecular formula is C34H46N6O6. The minimum absolute atomic E-state index is 0.0819. The standard InChI is InChI=1S/C34H46N6O6/c1-6-8-18-46-33(44)39-16-14-38(15-17-39)31(42)28(34(3,4)5)37-30(41)25-19-26(36-29(35-25)22-12-10-9-11-13-22)40-20-23-24(21-40)27(23)32(43)45-7-2/h9-13,19,23-24,27-28H,6-8,14-18,20-21H2,1-5H3,(H,37,41)/t23-,24+,27+,28-/m1/s1. The monoisotopic (exact) mass is 634 g/mol. The zero-order valence-electron chi connectivity index (χ0n) is 27.5. The molecule has 0 bridgehead atoms. The largest absolute Gasteiger partial charge is 0.466 e. The number of hydrogen-bond acceptors (Lipinski definition) is 9. The lowest BCUT2D eigenvalue weighted by Crippen LogP contribution is -2.59. The first-order valence-electron chi connectivity index (χ1n) is 16.4. The molecule has 5 rings (SSSR count). The van der Waals surface area contributed by atoms with Crippen molar-refractivity contribution in [3.8, 4) is 11.4 Å². The van der Waals surface area contributed by atoms with Gasteiger partial charge in [0, 0.05) is 50.9 Å². The number of aromatic nitrogens is 2. The molecule has 4 atom stereocenters. The van der Waals surface area contributed by atoms with Crippen LogP contribution in [0.25, 0.3) is 11.4 Å². The molecule has 0 radical (unpaired) electrons. The second-order valence-corrected chi connectivity index (χ2v) is 13.4. The quantitative estimate of drug-likeness (QED) is 0.307. The number of rotatable bonds is 10. The van der Waals surface area contributed by atoms with E-state index in [9.17, 15) is 19.2 Å². The van der Waals surface area contributed by atoms with Crippen molar-refractivity contribution in [1.82, 2.24) is 25.1 Å². The molecule has 3 fully saturated rings. The topological polar surface area (TPSA) is 134 Å². The Morgan fingerprint density at radius 3 is 2.20 bits per heavy atom. The average molecular weight is 635 g/mol. The van der Waals surface area contributed by atoms with Crippen molar-refractivity contribution < 1.29 is 28.7 Å². The minimum Gasteiger partial charge on any atom is -0.466 e. The van der Waals surface area contributed by atoms with Crippen LogP contribution in [0.3, 0.4) is 0 Å². The van der Waals surface area contributed by atoms with E-state index in [0.717, 1.165) is 18.4 Å². The molecule has 46 heavy (non-hydrogen) atoms. The highest BCUT2D eigenvalue weighted by atomic mass is 16.6. The highest BCUT2D eigenvalue weighted by Crippen LogP contribution is 2.53. The van der Waals surface area contributed by atoms with E-state index in [0.29, 0.717) is 64.1 Å². The molecule has 1 aromatic heterocycles. The third-order valence-electron chi connectivity index (χ3n) is 9.02. The van der Waals surface area contributed by atoms with Gasteiger partial charge in [-0.2, -0.15) is 0 Å². The van der Waals surface area contributed by atoms with Crippen LogP contribution in [-0.4, -0.2) is 102 Å². The maximum absolute atomic E-state index is 13.9. The van der Waals surface area contributed by atoms with Crippen LogP contribution in [0.4, 0.5) is 10.6 Å². The molecule has 1 aliphatic carbocycles. The highest BCUT2D eigenvalue weighted by molar-refractivity contribution is 5.97. The Labute approximate surface area is 270 Å². The molecule has 248 valence electrons. The Bertz CT molecular complexity index is 1410. The number of hydrogen-bond donors (Lipinski definition) is 1. The van der Waals surface area contributed by atoms with Crippen molar-refractivity contribution in [2.24, 2.45) is 23.2 Å². The van der Waals surface area contributed by atoms with Gasteiger partial charge in [0.25, 0.3) is 5.91 Å². The molecular weight excluding hydrogens is 588 g/mol. The number of unbranched alkanes of at least 4 members (excludes halogenated alkanes) is 1. The van der Waals surface area contributed by atoms with E-state index >= 15 is 0 Å². The second kappa shape index (κ2) is 14.0. The highest BCUT2D eigenvalue weighted by Gasteiger charge is 2.60. The van der Waals surface area contributed by atoms with Gasteiger partial charge in [0.1, 0.15) is 17.6 Å². The third-order valence-corrected chi connectivity index (χ3v) is 9.02. The van der Waals surface area contributed by atoms with E-state index in [1.807, 2.05) is 65.0 Å². The molecule has 2 saturated heterocycles. The van der Waals surface area contributed by atoms with Crippen LogP contribution < -0.4 is 10.2 Å². The van der Waals surface area contributed by atoms with Gasteiger partial charge in [0.05, 0.1) is 19.1 Å². The molecule has 1 N–H and O–H groups in total. The van der Waals surface area contributed by atoms with Crippen LogP contribution in [-0.2, 0) is 19.1 Å². The lowest BCUT2D eigenvalue weighted by Gasteiger charge is -2.39. The van der Waals surface area contributed by atoms with Crippen LogP contribution in [0.2, 0.25) is 0 Å². The SMILES string of the molecule is CCCCOC(=O)N1CCN(C(=O)[C@@H](NC(=O)c2cc(N3C[C@@H]4[C@H](C3)[C@H]4C(=O)OCC)nc(-c3ccccc3)n2)C(C)(C)C)CC1. The fourth-order valence-corrected chi connectivity index (χ4v) is 6.27. The zero-order chi connectivity index (χ0) is 33.0. The first-order valence-corrected chi connectivity index (χ1v) is 16.4. The molecule has 0 unspecified atom stereocenters. The molecule has 3 amide bonds. The summed E-state index contributed by atoms with van der Waals surface area (Å²) in [6.07, 6.45) is 1.39. The zero-order valence-corrected chi connectivity index (χ0v) is 27.5. The molecule has 1 saturated carbocycles. The number of amides is 3. The number of carbonyl (C=O) groups is 4. The number of anilines is 1. The molecule has 1 aromatic carbocycles. The van der Waals surface area contributed by atoms with Crippen LogP contribution >= 0.6 is 0 Å². The summed E-state index contributed by atoms with van der Waals surface area (Å²) in [6, 6.07) is 10.3. The number of benzene rings is 1. The fraction of sp³-hybridized carbons (Fsp3) is 0.588. The first kappa shape index (κ1) is 33.2. The average Bonchev–Trinajstić information content (AvgIpc) is 3.56. The van der Waals surface area contributed by atoms with E-state index in [1.165, 1.54) is 0 Å². The summed E-state index contributed by atoms with van der Waals surface area (Å²) in [6.45, 7) is 13.1. The van der Waals surface area contributed by atoms with Gasteiger partial charge in [-0.25, -0.2) is 14.8 Å². The molecule has 2 aliphatic heterocycles. The van der Waals surface area contributed by atoms with Crippen molar-refractivity contribution in [3.63, 3.8) is 0 Å². The Kier molecular flexibility index (Phi) is 10.1. The number of piperazine rings is 1. The third kappa shape index (κ3) is 7.42. The summed E-state index contributed by atoms with van der Waals surface area (Å²) in [5, 5.41) is 2.98. The van der Waals surface area contributed by atoms with Gasteiger partial charge in [0.15, 0.2) is 5.82 Å². The smallest absolute Gasteiger partial charge is 0.409 e. The van der Waals surface area contributed by atoms with Crippen LogP contribution in [0, 0.1) is 23.2 Å². The summed E-state index contributed by atoms with van der Waals surface area (Å²) in [5.74, 6) is 0.516. The van der Waals surface area contributed by atoms with Crippen molar-refractivity contribution in [3.05, 3.63) is 42.1 Å². The van der Waals surface area contributed by atoms with Crippen LogP contribution in [0.1, 0.15) is 57.9 Å². The summed E-state index contributed by atoms with van der Waals surface area (Å²) in [5.41, 5.74) is 0.328. The number of ether oxygens (including phenoxy) is 2. The van der Waals surface area contributed by atoms with E-state index in [4.69, 9.17) is 14.5 Å². The predicted octanol–water partition coefficient (Wildman–Crippen LogP) is 3.61. The van der Waals surface area contributed by atoms with Crippen LogP contribution in [0.5, 0.6) is 0 Å². The van der Waals surface area contributed by atoms with Gasteiger partial charge in [-0.3, -0.25) is 14.4 Å². The summed E-state index contributed by atoms with van der Waals surface area (Å²) < 4.78 is 10.6. The van der Waals surface area contributed by atoms with Crippen molar-refractivity contribution in [2.45, 2.75) is 53.5 Å². The molecule has 2 aromatic rings. The lowest BCUT2D eigenvalue weighted by atomic mass is 9.85. The molecule has 12 heteroatoms. The Hall–Kier alpha value is -4.22. The van der Waals surface area contributed by atoms with Gasteiger partial charge in [-0.05, 0) is 30.6 Å². The van der Waals surface area contributed by atoms with Gasteiger partial charge < -0.3 is 29.5 Å². The predicted molar refractivity (Wildman–Crippen MR) is 172 cm³/mol. The van der Waals surface area contributed by atoms with Gasteiger partial charge in [-0.15, -0.1) is 0 Å². The van der Waals surface area contributed by atoms with Crippen molar-refractivity contribution in [1.29, 1.82) is 0 Å². The minimum atomic E-state index is -0.827. The Morgan fingerprint density at radius 2 is 1.59 bits per heavy atom. The van der Waals surface area contributed by atoms with Gasteiger partial charge in [0.2, 0.25) is 5.91 Å². The van der Waals surface area contributed by atoms with Gasteiger partial charge >= 0.3 is 12.1 Å². The fourth-order valence-electron chi connectivity index (χ4n) is 6.27. The van der Waals surface area contributed by atoms with E-state index in [2.05, 4.69) is 15.2 Å². The number of esters is 1. The number of nitrogens with one attached hydrogen (secondary N) is 1. The lowest BCUT2D eigenvalue weighted by molar-refractivity contribution is -0.145. The number of carbonyl (C=O) groups excluding carboxylic acids is 4. The van der Waals surface area contributed by atoms with Gasteiger partial charge in [-0.1, -0.05) is 64.4 Å². The summed E-state index contributed by atoms with van der Waals surface area (Å²) in [7, 11) is 0. The normalized spacial score (nSPS) is 21.3. The number of nitrogens with zero attached hydrogens (tertiary/aromatic N) is 5. The maximum atomic E-state index is 13.9. The molecule has 0 spiro atoms. The molecule has 3 aliphatic rings. The Balaban J connectivity index is 1.31. The van der Waals surface area contributed by atoms with Crippen LogP contribution in [0.15, 0.2) is 36.4 Å².